The Morgan fingerprint density at radius 2 is 1.72 bits per heavy atom. The molecule has 1 aromatic heterocycles. The van der Waals surface area contributed by atoms with Gasteiger partial charge in [-0.3, -0.25) is 4.90 Å². The smallest absolute Gasteiger partial charge is 0.128 e. The summed E-state index contributed by atoms with van der Waals surface area (Å²) in [5, 5.41) is 0. The van der Waals surface area contributed by atoms with E-state index in [1.165, 1.54) is 57.4 Å². The molecule has 3 rings (SSSR count). The monoisotopic (exact) mass is 344 g/mol. The minimum atomic E-state index is 0.231. The molecule has 2 aliphatic heterocycles. The number of nitrogens with zero attached hydrogens (tertiary/aromatic N) is 4. The zero-order chi connectivity index (χ0) is 17.9. The zero-order valence-corrected chi connectivity index (χ0v) is 16.7. The van der Waals surface area contributed by atoms with Crippen molar-refractivity contribution in [2.45, 2.75) is 57.9 Å². The molecule has 2 fully saturated rings. The topological polar surface area (TPSA) is 22.6 Å². The summed E-state index contributed by atoms with van der Waals surface area (Å²) in [5.41, 5.74) is 1.60. The quantitative estimate of drug-likeness (QED) is 0.817. The molecule has 0 radical (unpaired) electrons. The molecule has 0 bridgehead atoms. The summed E-state index contributed by atoms with van der Waals surface area (Å²) in [4.78, 5) is 12.4. The molecule has 2 saturated heterocycles. The standard InChI is InChI=1S/C21H36N4/c1-5-10-21(2,3)18-6-7-20(22-17-18)25-11-8-19(9-12-25)24-15-13-23(4)14-16-24/h6-7,17,19H,5,8-16H2,1-4H3. The average molecular weight is 345 g/mol. The fourth-order valence-corrected chi connectivity index (χ4v) is 4.39. The number of rotatable bonds is 5. The Morgan fingerprint density at radius 3 is 2.28 bits per heavy atom. The number of hydrogen-bond acceptors (Lipinski definition) is 4. The second kappa shape index (κ2) is 8.05. The van der Waals surface area contributed by atoms with Gasteiger partial charge in [-0.15, -0.1) is 0 Å². The predicted octanol–water partition coefficient (Wildman–Crippen LogP) is 3.38. The van der Waals surface area contributed by atoms with E-state index in [1.807, 2.05) is 0 Å². The third-order valence-electron chi connectivity index (χ3n) is 6.25. The normalized spacial score (nSPS) is 21.7. The first-order valence-electron chi connectivity index (χ1n) is 10.1. The van der Waals surface area contributed by atoms with Crippen LogP contribution in [0.15, 0.2) is 18.3 Å². The molecule has 0 aliphatic carbocycles. The van der Waals surface area contributed by atoms with Crippen LogP contribution in [0.25, 0.3) is 0 Å². The van der Waals surface area contributed by atoms with Gasteiger partial charge in [0.05, 0.1) is 0 Å². The molecule has 0 amide bonds. The molecule has 1 aromatic rings. The third kappa shape index (κ3) is 4.53. The Balaban J connectivity index is 1.54. The maximum absolute atomic E-state index is 4.80. The highest BCUT2D eigenvalue weighted by Gasteiger charge is 2.27. The van der Waals surface area contributed by atoms with Crippen molar-refractivity contribution in [3.8, 4) is 0 Å². The molecule has 0 unspecified atom stereocenters. The summed E-state index contributed by atoms with van der Waals surface area (Å²) in [7, 11) is 2.23. The van der Waals surface area contributed by atoms with Gasteiger partial charge in [0.1, 0.15) is 5.82 Å². The molecular weight excluding hydrogens is 308 g/mol. The van der Waals surface area contributed by atoms with Gasteiger partial charge in [0.2, 0.25) is 0 Å². The minimum absolute atomic E-state index is 0.231. The van der Waals surface area contributed by atoms with Gasteiger partial charge in [-0.05, 0) is 43.4 Å². The molecule has 0 spiro atoms. The average Bonchev–Trinajstić information content (AvgIpc) is 2.63. The van der Waals surface area contributed by atoms with Gasteiger partial charge in [-0.1, -0.05) is 33.3 Å². The molecule has 0 saturated carbocycles. The summed E-state index contributed by atoms with van der Waals surface area (Å²) >= 11 is 0. The number of aromatic nitrogens is 1. The third-order valence-corrected chi connectivity index (χ3v) is 6.25. The molecule has 3 heterocycles. The van der Waals surface area contributed by atoms with E-state index in [-0.39, 0.29) is 5.41 Å². The summed E-state index contributed by atoms with van der Waals surface area (Å²) in [6, 6.07) is 5.31. The van der Waals surface area contributed by atoms with Crippen LogP contribution >= 0.6 is 0 Å². The summed E-state index contributed by atoms with van der Waals surface area (Å²) in [6.07, 6.45) is 7.08. The SMILES string of the molecule is CCCC(C)(C)c1ccc(N2CCC(N3CCN(C)CC3)CC2)nc1. The zero-order valence-electron chi connectivity index (χ0n) is 16.7. The van der Waals surface area contributed by atoms with Crippen molar-refractivity contribution < 1.29 is 0 Å². The van der Waals surface area contributed by atoms with Crippen LogP contribution in [0.1, 0.15) is 52.0 Å². The Hall–Kier alpha value is -1.13. The highest BCUT2D eigenvalue weighted by Crippen LogP contribution is 2.29. The van der Waals surface area contributed by atoms with Crippen molar-refractivity contribution in [3.63, 3.8) is 0 Å². The number of pyridine rings is 1. The van der Waals surface area contributed by atoms with Gasteiger partial charge >= 0.3 is 0 Å². The van der Waals surface area contributed by atoms with Crippen molar-refractivity contribution >= 4 is 5.82 Å². The molecule has 2 aliphatic rings. The maximum atomic E-state index is 4.80. The molecule has 0 aromatic carbocycles. The van der Waals surface area contributed by atoms with E-state index in [9.17, 15) is 0 Å². The number of hydrogen-bond donors (Lipinski definition) is 0. The summed E-state index contributed by atoms with van der Waals surface area (Å²) in [5.74, 6) is 1.16. The van der Waals surface area contributed by atoms with Crippen LogP contribution in [0, 0.1) is 0 Å². The molecular formula is C21H36N4. The fourth-order valence-electron chi connectivity index (χ4n) is 4.39. The van der Waals surface area contributed by atoms with E-state index >= 15 is 0 Å². The van der Waals surface area contributed by atoms with E-state index in [0.717, 1.165) is 24.9 Å². The first-order valence-corrected chi connectivity index (χ1v) is 10.1. The van der Waals surface area contributed by atoms with Crippen LogP contribution in [0.5, 0.6) is 0 Å². The second-order valence-corrected chi connectivity index (χ2v) is 8.60. The Kier molecular flexibility index (Phi) is 6.00. The number of piperidine rings is 1. The van der Waals surface area contributed by atoms with Gasteiger partial charge in [-0.25, -0.2) is 4.98 Å². The van der Waals surface area contributed by atoms with E-state index in [0.29, 0.717) is 0 Å². The lowest BCUT2D eigenvalue weighted by Gasteiger charge is -2.42. The van der Waals surface area contributed by atoms with Crippen molar-refractivity contribution in [3.05, 3.63) is 23.9 Å². The lowest BCUT2D eigenvalue weighted by molar-refractivity contribution is 0.0981. The molecule has 4 heteroatoms. The highest BCUT2D eigenvalue weighted by molar-refractivity contribution is 5.41. The lowest BCUT2D eigenvalue weighted by atomic mass is 9.81. The molecule has 0 N–H and O–H groups in total. The van der Waals surface area contributed by atoms with E-state index in [4.69, 9.17) is 4.98 Å². The van der Waals surface area contributed by atoms with Crippen LogP contribution in [-0.2, 0) is 5.41 Å². The number of likely N-dealkylation sites (N-methyl/N-ethyl adjacent to an activating group) is 1. The Morgan fingerprint density at radius 1 is 1.04 bits per heavy atom. The maximum Gasteiger partial charge on any atom is 0.128 e. The van der Waals surface area contributed by atoms with Gasteiger partial charge in [0.15, 0.2) is 0 Å². The van der Waals surface area contributed by atoms with Crippen molar-refractivity contribution in [2.24, 2.45) is 0 Å². The van der Waals surface area contributed by atoms with Crippen LogP contribution in [0.3, 0.4) is 0 Å². The predicted molar refractivity (Wildman–Crippen MR) is 106 cm³/mol. The van der Waals surface area contributed by atoms with E-state index in [1.54, 1.807) is 0 Å². The highest BCUT2D eigenvalue weighted by atomic mass is 15.3. The number of anilines is 1. The van der Waals surface area contributed by atoms with Crippen molar-refractivity contribution in [1.82, 2.24) is 14.8 Å². The van der Waals surface area contributed by atoms with Crippen LogP contribution in [-0.4, -0.2) is 67.1 Å². The molecule has 140 valence electrons. The molecule has 25 heavy (non-hydrogen) atoms. The fraction of sp³-hybridized carbons (Fsp3) is 0.762. The minimum Gasteiger partial charge on any atom is -0.357 e. The van der Waals surface area contributed by atoms with E-state index in [2.05, 4.69) is 60.8 Å². The molecule has 4 nitrogen and oxygen atoms in total. The lowest BCUT2D eigenvalue weighted by Crippen LogP contribution is -2.52. The van der Waals surface area contributed by atoms with Crippen LogP contribution < -0.4 is 4.90 Å². The number of piperazine rings is 1. The van der Waals surface area contributed by atoms with Crippen LogP contribution in [0.2, 0.25) is 0 Å². The first-order chi connectivity index (χ1) is 12.0. The van der Waals surface area contributed by atoms with Crippen LogP contribution in [0.4, 0.5) is 5.82 Å². The van der Waals surface area contributed by atoms with Crippen molar-refractivity contribution in [1.29, 1.82) is 0 Å². The Bertz CT molecular complexity index is 523. The summed E-state index contributed by atoms with van der Waals surface area (Å²) in [6.45, 7) is 14.1. The molecule has 0 atom stereocenters. The Labute approximate surface area is 154 Å². The largest absolute Gasteiger partial charge is 0.357 e. The van der Waals surface area contributed by atoms with Gasteiger partial charge in [0.25, 0.3) is 0 Å². The van der Waals surface area contributed by atoms with Gasteiger partial charge < -0.3 is 9.80 Å². The van der Waals surface area contributed by atoms with Gasteiger partial charge in [-0.2, -0.15) is 0 Å². The second-order valence-electron chi connectivity index (χ2n) is 8.60. The first kappa shape index (κ1) is 18.7. The van der Waals surface area contributed by atoms with Gasteiger partial charge in [0, 0.05) is 51.5 Å². The van der Waals surface area contributed by atoms with Crippen molar-refractivity contribution in [2.75, 3.05) is 51.2 Å². The van der Waals surface area contributed by atoms with E-state index < -0.39 is 0 Å². The summed E-state index contributed by atoms with van der Waals surface area (Å²) < 4.78 is 0.